The van der Waals surface area contributed by atoms with E-state index in [1.807, 2.05) is 25.7 Å². The molecule has 2 aliphatic heterocycles. The third-order valence-corrected chi connectivity index (χ3v) is 9.21. The minimum atomic E-state index is -3.92. The molecular weight excluding hydrogens is 613 g/mol. The van der Waals surface area contributed by atoms with Crippen molar-refractivity contribution in [2.75, 3.05) is 38.1 Å². The molecule has 4 heterocycles. The van der Waals surface area contributed by atoms with E-state index in [2.05, 4.69) is 15.0 Å². The van der Waals surface area contributed by atoms with Crippen LogP contribution >= 0.6 is 11.6 Å². The second-order valence-electron chi connectivity index (χ2n) is 12.7. The van der Waals surface area contributed by atoms with Gasteiger partial charge in [0.2, 0.25) is 15.0 Å². The molecule has 3 aliphatic rings. The van der Waals surface area contributed by atoms with Crippen LogP contribution in [-0.4, -0.2) is 85.3 Å². The number of anilines is 1. The summed E-state index contributed by atoms with van der Waals surface area (Å²) in [5.74, 6) is 0.00579. The number of rotatable bonds is 7. The van der Waals surface area contributed by atoms with Gasteiger partial charge >= 0.3 is 6.09 Å². The molecule has 1 saturated carbocycles. The maximum Gasteiger partial charge on any atom is 0.410 e. The number of ether oxygens (including phenoxy) is 3. The average Bonchev–Trinajstić information content (AvgIpc) is 3.73. The summed E-state index contributed by atoms with van der Waals surface area (Å²) in [4.78, 5) is 29.8. The molecule has 44 heavy (non-hydrogen) atoms. The van der Waals surface area contributed by atoms with Gasteiger partial charge in [0.1, 0.15) is 28.4 Å². The zero-order valence-electron chi connectivity index (χ0n) is 25.3. The number of halogens is 2. The predicted molar refractivity (Wildman–Crippen MR) is 162 cm³/mol. The number of methoxy groups -OCH3 is 1. The summed E-state index contributed by atoms with van der Waals surface area (Å²) < 4.78 is 58.4. The molecule has 2 unspecified atom stereocenters. The van der Waals surface area contributed by atoms with E-state index < -0.39 is 26.4 Å². The van der Waals surface area contributed by atoms with Gasteiger partial charge in [0.25, 0.3) is 0 Å². The van der Waals surface area contributed by atoms with E-state index in [4.69, 9.17) is 25.8 Å². The van der Waals surface area contributed by atoms with Crippen LogP contribution in [-0.2, 0) is 19.3 Å². The number of carbonyl (C=O) groups excluding carboxylic acids is 1. The Morgan fingerprint density at radius 2 is 1.80 bits per heavy atom. The number of hydrogen-bond acceptors (Lipinski definition) is 10. The number of benzene rings is 1. The molecule has 1 aromatic carbocycles. The third-order valence-electron chi connectivity index (χ3n) is 8.05. The molecular formula is C30H35ClFN5O6S. The van der Waals surface area contributed by atoms with Crippen molar-refractivity contribution >= 4 is 44.3 Å². The number of carbonyl (C=O) groups is 1. The molecule has 0 N–H and O–H groups in total. The normalized spacial score (nSPS) is 20.3. The minimum absolute atomic E-state index is 0.0110. The smallest absolute Gasteiger partial charge is 0.410 e. The molecule has 0 spiro atoms. The summed E-state index contributed by atoms with van der Waals surface area (Å²) in [6, 6.07) is 2.99. The first-order valence-corrected chi connectivity index (χ1v) is 16.8. The van der Waals surface area contributed by atoms with Gasteiger partial charge in [-0.2, -0.15) is 0 Å². The number of hydrogen-bond donors (Lipinski definition) is 0. The summed E-state index contributed by atoms with van der Waals surface area (Å²) in [7, 11) is -2.43. The summed E-state index contributed by atoms with van der Waals surface area (Å²) in [5.41, 5.74) is 0.401. The topological polar surface area (TPSA) is 124 Å². The van der Waals surface area contributed by atoms with Crippen molar-refractivity contribution in [1.29, 1.82) is 0 Å². The van der Waals surface area contributed by atoms with Crippen molar-refractivity contribution in [3.63, 3.8) is 0 Å². The van der Waals surface area contributed by atoms with Crippen molar-refractivity contribution in [3.8, 4) is 17.0 Å². The lowest BCUT2D eigenvalue weighted by atomic mass is 9.98. The van der Waals surface area contributed by atoms with Gasteiger partial charge < -0.3 is 19.1 Å². The summed E-state index contributed by atoms with van der Waals surface area (Å²) >= 11 is 6.66. The van der Waals surface area contributed by atoms with E-state index in [0.29, 0.717) is 29.4 Å². The van der Waals surface area contributed by atoms with Crippen LogP contribution in [0.4, 0.5) is 15.0 Å². The number of sulfone groups is 1. The molecule has 2 saturated heterocycles. The second kappa shape index (κ2) is 11.3. The molecule has 0 radical (unpaired) electrons. The summed E-state index contributed by atoms with van der Waals surface area (Å²) in [5, 5.41) is 0.209. The summed E-state index contributed by atoms with van der Waals surface area (Å²) in [6.07, 6.45) is 5.41. The highest BCUT2D eigenvalue weighted by molar-refractivity contribution is 7.90. The largest absolute Gasteiger partial charge is 0.467 e. The summed E-state index contributed by atoms with van der Waals surface area (Å²) in [6.45, 7) is 6.18. The van der Waals surface area contributed by atoms with Gasteiger partial charge in [-0.25, -0.2) is 27.6 Å². The standard InChI is InChI=1S/C30H35ClFN5O6S/c1-30(2,3)43-29(38)37-17-8-9-18(37)14-36(13-17)27-21-12-33-25(24(32)26(21)34-28(35-27)44(5,39)40)20-10-19(42-15-41-4)11-22(31)23(20)16-6-7-16/h10-12,16-18H,6-9,13-15H2,1-5H3. The van der Waals surface area contributed by atoms with Crippen LogP contribution in [0.5, 0.6) is 5.75 Å². The van der Waals surface area contributed by atoms with Crippen molar-refractivity contribution in [2.45, 2.75) is 75.2 Å². The van der Waals surface area contributed by atoms with Crippen molar-refractivity contribution in [1.82, 2.24) is 19.9 Å². The molecule has 6 rings (SSSR count). The fraction of sp³-hybridized carbons (Fsp3) is 0.533. The second-order valence-corrected chi connectivity index (χ2v) is 15.0. The van der Waals surface area contributed by atoms with Crippen molar-refractivity contribution in [3.05, 3.63) is 34.7 Å². The number of pyridine rings is 1. The molecule has 2 atom stereocenters. The maximum absolute atomic E-state index is 16.6. The average molecular weight is 648 g/mol. The van der Waals surface area contributed by atoms with Crippen molar-refractivity contribution in [2.24, 2.45) is 0 Å². The van der Waals surface area contributed by atoms with Gasteiger partial charge in [0, 0.05) is 43.2 Å². The number of aromatic nitrogens is 3. The number of nitrogens with zero attached hydrogens (tertiary/aromatic N) is 5. The van der Waals surface area contributed by atoms with Gasteiger partial charge in [-0.05, 0) is 70.1 Å². The van der Waals surface area contributed by atoms with Crippen LogP contribution in [0.15, 0.2) is 23.5 Å². The molecule has 236 valence electrons. The Kier molecular flexibility index (Phi) is 7.86. The number of amides is 1. The van der Waals surface area contributed by atoms with E-state index in [1.165, 1.54) is 13.3 Å². The Balaban J connectivity index is 1.45. The molecule has 1 aliphatic carbocycles. The van der Waals surface area contributed by atoms with Gasteiger partial charge in [-0.3, -0.25) is 9.88 Å². The molecule has 14 heteroatoms. The highest BCUT2D eigenvalue weighted by atomic mass is 35.5. The Morgan fingerprint density at radius 3 is 2.39 bits per heavy atom. The third kappa shape index (κ3) is 5.89. The molecule has 1 amide bonds. The van der Waals surface area contributed by atoms with E-state index in [1.54, 1.807) is 17.0 Å². The van der Waals surface area contributed by atoms with E-state index in [0.717, 1.165) is 37.5 Å². The highest BCUT2D eigenvalue weighted by Crippen LogP contribution is 2.49. The Bertz CT molecular complexity index is 1730. The maximum atomic E-state index is 16.6. The Hall–Kier alpha value is -3.29. The molecule has 3 fully saturated rings. The molecule has 11 nitrogen and oxygen atoms in total. The monoisotopic (exact) mass is 647 g/mol. The van der Waals surface area contributed by atoms with Gasteiger partial charge in [-0.15, -0.1) is 0 Å². The fourth-order valence-electron chi connectivity index (χ4n) is 6.09. The van der Waals surface area contributed by atoms with E-state index in [-0.39, 0.29) is 53.3 Å². The van der Waals surface area contributed by atoms with Gasteiger partial charge in [0.15, 0.2) is 12.6 Å². The first-order chi connectivity index (χ1) is 20.7. The lowest BCUT2D eigenvalue weighted by Crippen LogP contribution is -2.57. The predicted octanol–water partition coefficient (Wildman–Crippen LogP) is 5.34. The SMILES string of the molecule is COCOc1cc(Cl)c(C2CC2)c(-c2ncc3c(N4CC5CCC(C4)N5C(=O)OC(C)(C)C)nc(S(C)(=O)=O)nc3c2F)c1. The van der Waals surface area contributed by atoms with E-state index in [9.17, 15) is 13.2 Å². The molecule has 2 bridgehead atoms. The van der Waals surface area contributed by atoms with E-state index >= 15 is 4.39 Å². The molecule has 3 aromatic rings. The van der Waals surface area contributed by atoms with Gasteiger partial charge in [0.05, 0.1) is 17.5 Å². The lowest BCUT2D eigenvalue weighted by molar-refractivity contribution is 0.0123. The number of piperazine rings is 1. The van der Waals surface area contributed by atoms with Crippen LogP contribution in [0, 0.1) is 5.82 Å². The van der Waals surface area contributed by atoms with Crippen LogP contribution in [0.2, 0.25) is 5.02 Å². The Labute approximate surface area is 260 Å². The quantitative estimate of drug-likeness (QED) is 0.245. The van der Waals surface area contributed by atoms with Crippen LogP contribution in [0.1, 0.15) is 57.9 Å². The lowest BCUT2D eigenvalue weighted by Gasteiger charge is -2.42. The Morgan fingerprint density at radius 1 is 1.11 bits per heavy atom. The minimum Gasteiger partial charge on any atom is -0.467 e. The first-order valence-electron chi connectivity index (χ1n) is 14.5. The highest BCUT2D eigenvalue weighted by Gasteiger charge is 2.45. The van der Waals surface area contributed by atoms with Gasteiger partial charge in [-0.1, -0.05) is 11.6 Å². The van der Waals surface area contributed by atoms with Crippen LogP contribution in [0.25, 0.3) is 22.2 Å². The fourth-order valence-corrected chi connectivity index (χ4v) is 6.96. The molecule has 2 aromatic heterocycles. The van der Waals surface area contributed by atoms with Crippen LogP contribution < -0.4 is 9.64 Å². The zero-order valence-corrected chi connectivity index (χ0v) is 26.8. The zero-order chi connectivity index (χ0) is 31.6. The first kappa shape index (κ1) is 30.7. The number of fused-ring (bicyclic) bond motifs is 3. The van der Waals surface area contributed by atoms with Crippen molar-refractivity contribution < 1.29 is 31.8 Å². The van der Waals surface area contributed by atoms with Crippen LogP contribution in [0.3, 0.4) is 0 Å².